The molecule has 4 nitrogen and oxygen atoms in total. The van der Waals surface area contributed by atoms with Gasteiger partial charge in [0.2, 0.25) is 5.88 Å². The predicted octanol–water partition coefficient (Wildman–Crippen LogP) is 3.18. The number of para-hydroxylation sites is 1. The van der Waals surface area contributed by atoms with E-state index in [4.69, 9.17) is 4.74 Å². The molecule has 5 heteroatoms. The fourth-order valence-electron chi connectivity index (χ4n) is 1.73. The molecule has 0 saturated carbocycles. The van der Waals surface area contributed by atoms with Crippen LogP contribution >= 0.6 is 11.8 Å². The lowest BCUT2D eigenvalue weighted by Crippen LogP contribution is -1.90. The van der Waals surface area contributed by atoms with E-state index in [1.807, 2.05) is 42.5 Å². The number of hydrogen-bond acceptors (Lipinski definition) is 5. The van der Waals surface area contributed by atoms with E-state index in [0.717, 1.165) is 21.0 Å². The Morgan fingerprint density at radius 2 is 1.89 bits per heavy atom. The van der Waals surface area contributed by atoms with Crippen molar-refractivity contribution in [1.82, 2.24) is 15.0 Å². The minimum absolute atomic E-state index is 0.600. The van der Waals surface area contributed by atoms with Crippen LogP contribution in [0.2, 0.25) is 0 Å². The van der Waals surface area contributed by atoms with E-state index < -0.39 is 0 Å². The van der Waals surface area contributed by atoms with E-state index in [1.54, 1.807) is 13.4 Å². The number of pyridine rings is 1. The molecule has 0 fully saturated rings. The first-order chi connectivity index (χ1) is 9.36. The standard InChI is InChI=1S/C14H11N3OS/c1-18-12-7-4-8-13(17-12)19-14-10-5-2-3-6-11(10)15-9-16-14/h2-9H,1H3. The number of aromatic nitrogens is 3. The zero-order chi connectivity index (χ0) is 13.1. The van der Waals surface area contributed by atoms with Crippen molar-refractivity contribution in [1.29, 1.82) is 0 Å². The SMILES string of the molecule is COc1cccc(Sc2ncnc3ccccc23)n1. The molecule has 0 radical (unpaired) electrons. The molecule has 1 aromatic carbocycles. The van der Waals surface area contributed by atoms with E-state index >= 15 is 0 Å². The molecule has 0 saturated heterocycles. The highest BCUT2D eigenvalue weighted by atomic mass is 32.2. The van der Waals surface area contributed by atoms with Crippen LogP contribution < -0.4 is 4.74 Å². The Bertz CT molecular complexity index is 712. The highest BCUT2D eigenvalue weighted by Crippen LogP contribution is 2.30. The summed E-state index contributed by atoms with van der Waals surface area (Å²) in [7, 11) is 1.61. The first kappa shape index (κ1) is 11.9. The number of hydrogen-bond donors (Lipinski definition) is 0. The fraction of sp³-hybridized carbons (Fsp3) is 0.0714. The van der Waals surface area contributed by atoms with Crippen LogP contribution in [0.5, 0.6) is 5.88 Å². The van der Waals surface area contributed by atoms with Crippen molar-refractivity contribution in [2.75, 3.05) is 7.11 Å². The molecule has 3 rings (SSSR count). The third-order valence-electron chi connectivity index (χ3n) is 2.61. The van der Waals surface area contributed by atoms with Gasteiger partial charge in [-0.3, -0.25) is 0 Å². The van der Waals surface area contributed by atoms with Crippen LogP contribution in [-0.4, -0.2) is 22.1 Å². The van der Waals surface area contributed by atoms with Crippen molar-refractivity contribution in [2.24, 2.45) is 0 Å². The molecule has 0 N–H and O–H groups in total. The summed E-state index contributed by atoms with van der Waals surface area (Å²) in [6, 6.07) is 13.6. The summed E-state index contributed by atoms with van der Waals surface area (Å²) in [5.74, 6) is 0.600. The zero-order valence-electron chi connectivity index (χ0n) is 10.3. The van der Waals surface area contributed by atoms with Gasteiger partial charge < -0.3 is 4.74 Å². The van der Waals surface area contributed by atoms with Crippen molar-refractivity contribution in [3.8, 4) is 5.88 Å². The lowest BCUT2D eigenvalue weighted by Gasteiger charge is -2.05. The number of ether oxygens (including phenoxy) is 1. The summed E-state index contributed by atoms with van der Waals surface area (Å²) in [5.41, 5.74) is 0.933. The largest absolute Gasteiger partial charge is 0.481 e. The summed E-state index contributed by atoms with van der Waals surface area (Å²) in [6.07, 6.45) is 1.57. The zero-order valence-corrected chi connectivity index (χ0v) is 11.1. The normalized spacial score (nSPS) is 10.6. The van der Waals surface area contributed by atoms with Gasteiger partial charge in [-0.1, -0.05) is 24.3 Å². The molecular weight excluding hydrogens is 258 g/mol. The molecule has 0 aliphatic heterocycles. The monoisotopic (exact) mass is 269 g/mol. The Kier molecular flexibility index (Phi) is 3.29. The summed E-state index contributed by atoms with van der Waals surface area (Å²) in [4.78, 5) is 13.0. The molecular formula is C14H11N3OS. The average molecular weight is 269 g/mol. The number of fused-ring (bicyclic) bond motifs is 1. The van der Waals surface area contributed by atoms with Gasteiger partial charge in [-0.2, -0.15) is 0 Å². The molecule has 0 amide bonds. The average Bonchev–Trinajstić information content (AvgIpc) is 2.48. The maximum atomic E-state index is 5.12. The maximum Gasteiger partial charge on any atom is 0.213 e. The van der Waals surface area contributed by atoms with E-state index in [1.165, 1.54) is 11.8 Å². The van der Waals surface area contributed by atoms with Crippen molar-refractivity contribution in [2.45, 2.75) is 10.1 Å². The van der Waals surface area contributed by atoms with Gasteiger partial charge in [0.05, 0.1) is 12.6 Å². The molecule has 3 aromatic rings. The maximum absolute atomic E-state index is 5.12. The molecule has 0 bridgehead atoms. The summed E-state index contributed by atoms with van der Waals surface area (Å²) in [6.45, 7) is 0. The molecule has 0 aliphatic carbocycles. The van der Waals surface area contributed by atoms with Crippen molar-refractivity contribution < 1.29 is 4.74 Å². The van der Waals surface area contributed by atoms with Crippen LogP contribution in [0.4, 0.5) is 0 Å². The van der Waals surface area contributed by atoms with Crippen molar-refractivity contribution in [3.63, 3.8) is 0 Å². The van der Waals surface area contributed by atoms with E-state index in [0.29, 0.717) is 5.88 Å². The summed E-state index contributed by atoms with van der Waals surface area (Å²) >= 11 is 1.50. The second-order valence-electron chi connectivity index (χ2n) is 3.82. The van der Waals surface area contributed by atoms with Crippen LogP contribution in [0, 0.1) is 0 Å². The van der Waals surface area contributed by atoms with Crippen molar-refractivity contribution >= 4 is 22.7 Å². The fourth-order valence-corrected chi connectivity index (χ4v) is 2.59. The Morgan fingerprint density at radius 1 is 1.00 bits per heavy atom. The van der Waals surface area contributed by atoms with Gasteiger partial charge in [0, 0.05) is 11.5 Å². The van der Waals surface area contributed by atoms with Gasteiger partial charge >= 0.3 is 0 Å². The quantitative estimate of drug-likeness (QED) is 0.683. The Hall–Kier alpha value is -2.14. The lowest BCUT2D eigenvalue weighted by atomic mass is 10.2. The second kappa shape index (κ2) is 5.24. The van der Waals surface area contributed by atoms with Crippen LogP contribution in [0.25, 0.3) is 10.9 Å². The first-order valence-electron chi connectivity index (χ1n) is 5.75. The van der Waals surface area contributed by atoms with E-state index in [-0.39, 0.29) is 0 Å². The predicted molar refractivity (Wildman–Crippen MR) is 74.5 cm³/mol. The van der Waals surface area contributed by atoms with Gasteiger partial charge in [-0.15, -0.1) is 0 Å². The third-order valence-corrected chi connectivity index (χ3v) is 3.57. The van der Waals surface area contributed by atoms with Crippen LogP contribution in [0.1, 0.15) is 0 Å². The molecule has 0 spiro atoms. The highest BCUT2D eigenvalue weighted by Gasteiger charge is 2.06. The third kappa shape index (κ3) is 2.51. The van der Waals surface area contributed by atoms with Crippen LogP contribution in [0.3, 0.4) is 0 Å². The highest BCUT2D eigenvalue weighted by molar-refractivity contribution is 7.99. The molecule has 19 heavy (non-hydrogen) atoms. The Labute approximate surface area is 114 Å². The van der Waals surface area contributed by atoms with Gasteiger partial charge in [0.25, 0.3) is 0 Å². The lowest BCUT2D eigenvalue weighted by molar-refractivity contribution is 0.394. The number of nitrogens with zero attached hydrogens (tertiary/aromatic N) is 3. The number of methoxy groups -OCH3 is 1. The van der Waals surface area contributed by atoms with E-state index in [9.17, 15) is 0 Å². The van der Waals surface area contributed by atoms with Gasteiger partial charge in [0.1, 0.15) is 16.4 Å². The summed E-state index contributed by atoms with van der Waals surface area (Å²) < 4.78 is 5.12. The van der Waals surface area contributed by atoms with Gasteiger partial charge in [-0.25, -0.2) is 15.0 Å². The molecule has 94 valence electrons. The minimum atomic E-state index is 0.600. The van der Waals surface area contributed by atoms with Crippen LogP contribution in [-0.2, 0) is 0 Å². The molecule has 2 aromatic heterocycles. The van der Waals surface area contributed by atoms with Crippen LogP contribution in [0.15, 0.2) is 58.8 Å². The molecule has 2 heterocycles. The Morgan fingerprint density at radius 3 is 2.79 bits per heavy atom. The minimum Gasteiger partial charge on any atom is -0.481 e. The molecule has 0 aliphatic rings. The molecule has 0 unspecified atom stereocenters. The first-order valence-corrected chi connectivity index (χ1v) is 6.57. The summed E-state index contributed by atoms with van der Waals surface area (Å²) in [5, 5.41) is 2.77. The van der Waals surface area contributed by atoms with Gasteiger partial charge in [-0.05, 0) is 23.9 Å². The topological polar surface area (TPSA) is 47.9 Å². The van der Waals surface area contributed by atoms with E-state index in [2.05, 4.69) is 15.0 Å². The Balaban J connectivity index is 2.01. The number of rotatable bonds is 3. The van der Waals surface area contributed by atoms with Gasteiger partial charge in [0.15, 0.2) is 0 Å². The van der Waals surface area contributed by atoms with Crippen molar-refractivity contribution in [3.05, 3.63) is 48.8 Å². The smallest absolute Gasteiger partial charge is 0.213 e. The number of benzene rings is 1. The molecule has 0 atom stereocenters. The second-order valence-corrected chi connectivity index (χ2v) is 4.83.